The van der Waals surface area contributed by atoms with E-state index in [1.807, 2.05) is 0 Å². The van der Waals surface area contributed by atoms with Gasteiger partial charge < -0.3 is 10.6 Å². The first-order chi connectivity index (χ1) is 8.61. The van der Waals surface area contributed by atoms with Crippen molar-refractivity contribution in [1.29, 1.82) is 0 Å². The van der Waals surface area contributed by atoms with Gasteiger partial charge >= 0.3 is 0 Å². The molecule has 0 aliphatic carbocycles. The van der Waals surface area contributed by atoms with E-state index >= 15 is 0 Å². The Kier molecular flexibility index (Phi) is 3.68. The van der Waals surface area contributed by atoms with Gasteiger partial charge in [0.1, 0.15) is 0 Å². The highest BCUT2D eigenvalue weighted by molar-refractivity contribution is 5.66. The molecule has 18 heavy (non-hydrogen) atoms. The van der Waals surface area contributed by atoms with Crippen LogP contribution in [0.15, 0.2) is 42.5 Å². The minimum Gasteiger partial charge on any atom is -0.344 e. The minimum atomic E-state index is 0.561. The van der Waals surface area contributed by atoms with Crippen molar-refractivity contribution in [3.63, 3.8) is 0 Å². The van der Waals surface area contributed by atoms with Gasteiger partial charge in [-0.2, -0.15) is 0 Å². The molecule has 0 aliphatic heterocycles. The third kappa shape index (κ3) is 2.54. The summed E-state index contributed by atoms with van der Waals surface area (Å²) in [7, 11) is 2.08. The van der Waals surface area contributed by atoms with E-state index in [1.165, 1.54) is 28.1 Å². The zero-order valence-corrected chi connectivity index (χ0v) is 11.3. The summed E-state index contributed by atoms with van der Waals surface area (Å²) in [5, 5.41) is 0. The van der Waals surface area contributed by atoms with E-state index in [2.05, 4.69) is 68.3 Å². The molecular weight excluding hydrogens is 220 g/mol. The molecule has 0 saturated carbocycles. The Labute approximate surface area is 109 Å². The molecule has 2 aromatic carbocycles. The lowest BCUT2D eigenvalue weighted by molar-refractivity contribution is 1.04. The summed E-state index contributed by atoms with van der Waals surface area (Å²) in [5.74, 6) is 0. The number of aryl methyl sites for hydroxylation is 2. The van der Waals surface area contributed by atoms with E-state index in [4.69, 9.17) is 5.73 Å². The molecule has 2 heteroatoms. The number of nitrogens with zero attached hydrogens (tertiary/aromatic N) is 1. The first-order valence-corrected chi connectivity index (χ1v) is 6.22. The standard InChI is InChI=1S/C16H20N2/c1-12-5-8-15(9-6-12)18(3)16-10-13(2)4-7-14(16)11-17/h4-10H,11,17H2,1-3H3. The summed E-state index contributed by atoms with van der Waals surface area (Å²) in [6.45, 7) is 4.76. The van der Waals surface area contributed by atoms with Crippen molar-refractivity contribution in [1.82, 2.24) is 0 Å². The van der Waals surface area contributed by atoms with Crippen LogP contribution < -0.4 is 10.6 Å². The molecule has 0 saturated heterocycles. The monoisotopic (exact) mass is 240 g/mol. The lowest BCUT2D eigenvalue weighted by Gasteiger charge is -2.23. The largest absolute Gasteiger partial charge is 0.344 e. The van der Waals surface area contributed by atoms with E-state index in [0.29, 0.717) is 6.54 Å². The molecule has 0 bridgehead atoms. The maximum absolute atomic E-state index is 5.81. The third-order valence-electron chi connectivity index (χ3n) is 3.24. The van der Waals surface area contributed by atoms with Crippen molar-refractivity contribution in [2.24, 2.45) is 5.73 Å². The van der Waals surface area contributed by atoms with Gasteiger partial charge in [-0.3, -0.25) is 0 Å². The Balaban J connectivity index is 2.41. The summed E-state index contributed by atoms with van der Waals surface area (Å²) < 4.78 is 0. The summed E-state index contributed by atoms with van der Waals surface area (Å²) in [6, 6.07) is 14.9. The molecule has 0 spiro atoms. The van der Waals surface area contributed by atoms with E-state index in [0.717, 1.165) is 0 Å². The third-order valence-corrected chi connectivity index (χ3v) is 3.24. The van der Waals surface area contributed by atoms with Crippen LogP contribution in [0.2, 0.25) is 0 Å². The maximum Gasteiger partial charge on any atom is 0.0456 e. The fraction of sp³-hybridized carbons (Fsp3) is 0.250. The van der Waals surface area contributed by atoms with Crippen LogP contribution in [-0.4, -0.2) is 7.05 Å². The fourth-order valence-electron chi connectivity index (χ4n) is 2.07. The molecule has 2 nitrogen and oxygen atoms in total. The quantitative estimate of drug-likeness (QED) is 0.889. The second-order valence-corrected chi connectivity index (χ2v) is 4.73. The van der Waals surface area contributed by atoms with Crippen LogP contribution in [0.1, 0.15) is 16.7 Å². The average Bonchev–Trinajstić information content (AvgIpc) is 2.39. The SMILES string of the molecule is Cc1ccc(N(C)c2cc(C)ccc2CN)cc1. The fourth-order valence-corrected chi connectivity index (χ4v) is 2.07. The number of hydrogen-bond donors (Lipinski definition) is 1. The zero-order chi connectivity index (χ0) is 13.1. The van der Waals surface area contributed by atoms with Gasteiger partial charge in [0.25, 0.3) is 0 Å². The van der Waals surface area contributed by atoms with E-state index < -0.39 is 0 Å². The molecule has 0 aliphatic rings. The molecule has 0 heterocycles. The molecule has 0 atom stereocenters. The lowest BCUT2D eigenvalue weighted by atomic mass is 10.1. The van der Waals surface area contributed by atoms with Gasteiger partial charge in [0.05, 0.1) is 0 Å². The highest BCUT2D eigenvalue weighted by Gasteiger charge is 2.08. The number of rotatable bonds is 3. The molecule has 2 rings (SSSR count). The van der Waals surface area contributed by atoms with Crippen LogP contribution in [0.5, 0.6) is 0 Å². The maximum atomic E-state index is 5.81. The summed E-state index contributed by atoms with van der Waals surface area (Å²) in [6.07, 6.45) is 0. The zero-order valence-electron chi connectivity index (χ0n) is 11.3. The van der Waals surface area contributed by atoms with E-state index in [9.17, 15) is 0 Å². The average molecular weight is 240 g/mol. The van der Waals surface area contributed by atoms with Crippen LogP contribution in [0.25, 0.3) is 0 Å². The van der Waals surface area contributed by atoms with Crippen LogP contribution >= 0.6 is 0 Å². The van der Waals surface area contributed by atoms with Crippen molar-refractivity contribution < 1.29 is 0 Å². The molecular formula is C16H20N2. The minimum absolute atomic E-state index is 0.561. The van der Waals surface area contributed by atoms with Gasteiger partial charge in [0.2, 0.25) is 0 Å². The van der Waals surface area contributed by atoms with Crippen LogP contribution in [-0.2, 0) is 6.54 Å². The van der Waals surface area contributed by atoms with Gasteiger partial charge in [-0.05, 0) is 43.2 Å². The Morgan fingerprint density at radius 3 is 2.17 bits per heavy atom. The number of anilines is 2. The molecule has 0 amide bonds. The van der Waals surface area contributed by atoms with Gasteiger partial charge in [-0.25, -0.2) is 0 Å². The molecule has 94 valence electrons. The molecule has 2 aromatic rings. The van der Waals surface area contributed by atoms with Crippen LogP contribution in [0, 0.1) is 13.8 Å². The summed E-state index contributed by atoms with van der Waals surface area (Å²) >= 11 is 0. The predicted molar refractivity (Wildman–Crippen MR) is 78.3 cm³/mol. The molecule has 0 fully saturated rings. The highest BCUT2D eigenvalue weighted by atomic mass is 15.1. The topological polar surface area (TPSA) is 29.3 Å². The van der Waals surface area contributed by atoms with Crippen molar-refractivity contribution in [2.75, 3.05) is 11.9 Å². The Hall–Kier alpha value is -1.80. The molecule has 0 radical (unpaired) electrons. The second-order valence-electron chi connectivity index (χ2n) is 4.73. The number of nitrogens with two attached hydrogens (primary N) is 1. The number of hydrogen-bond acceptors (Lipinski definition) is 2. The first kappa shape index (κ1) is 12.7. The highest BCUT2D eigenvalue weighted by Crippen LogP contribution is 2.28. The molecule has 0 unspecified atom stereocenters. The van der Waals surface area contributed by atoms with Crippen molar-refractivity contribution in [2.45, 2.75) is 20.4 Å². The van der Waals surface area contributed by atoms with E-state index in [-0.39, 0.29) is 0 Å². The molecule has 0 aromatic heterocycles. The first-order valence-electron chi connectivity index (χ1n) is 6.22. The van der Waals surface area contributed by atoms with Crippen LogP contribution in [0.4, 0.5) is 11.4 Å². The predicted octanol–water partition coefficient (Wildman–Crippen LogP) is 3.53. The lowest BCUT2D eigenvalue weighted by Crippen LogP contribution is -2.13. The summed E-state index contributed by atoms with van der Waals surface area (Å²) in [4.78, 5) is 2.19. The smallest absolute Gasteiger partial charge is 0.0456 e. The van der Waals surface area contributed by atoms with Gasteiger partial charge in [0, 0.05) is 25.0 Å². The van der Waals surface area contributed by atoms with E-state index in [1.54, 1.807) is 0 Å². The Morgan fingerprint density at radius 1 is 0.944 bits per heavy atom. The van der Waals surface area contributed by atoms with Gasteiger partial charge in [-0.1, -0.05) is 29.8 Å². The summed E-state index contributed by atoms with van der Waals surface area (Å²) in [5.41, 5.74) is 11.9. The normalized spacial score (nSPS) is 10.4. The Morgan fingerprint density at radius 2 is 1.56 bits per heavy atom. The van der Waals surface area contributed by atoms with Gasteiger partial charge in [0.15, 0.2) is 0 Å². The van der Waals surface area contributed by atoms with Crippen molar-refractivity contribution in [3.05, 3.63) is 59.2 Å². The second kappa shape index (κ2) is 5.23. The van der Waals surface area contributed by atoms with Crippen molar-refractivity contribution >= 4 is 11.4 Å². The Bertz CT molecular complexity index is 529. The van der Waals surface area contributed by atoms with Crippen LogP contribution in [0.3, 0.4) is 0 Å². The van der Waals surface area contributed by atoms with Gasteiger partial charge in [-0.15, -0.1) is 0 Å². The number of benzene rings is 2. The molecule has 2 N–H and O–H groups in total. The van der Waals surface area contributed by atoms with Crippen molar-refractivity contribution in [3.8, 4) is 0 Å².